The van der Waals surface area contributed by atoms with E-state index >= 15 is 0 Å². The number of aromatic nitrogens is 3. The maximum absolute atomic E-state index is 10.1. The van der Waals surface area contributed by atoms with E-state index in [-0.39, 0.29) is 6.61 Å². The van der Waals surface area contributed by atoms with E-state index < -0.39 is 18.2 Å². The van der Waals surface area contributed by atoms with E-state index in [2.05, 4.69) is 9.97 Å². The fourth-order valence-corrected chi connectivity index (χ4v) is 2.43. The number of aliphatic hydroxyl groups is 3. The minimum atomic E-state index is -1.06. The quantitative estimate of drug-likeness (QED) is 0.527. The molecule has 0 aromatic carbocycles. The van der Waals surface area contributed by atoms with Crippen LogP contribution < -0.4 is 5.73 Å². The van der Waals surface area contributed by atoms with E-state index in [0.29, 0.717) is 16.9 Å². The first-order chi connectivity index (χ1) is 9.13. The molecule has 2 heterocycles. The predicted molar refractivity (Wildman–Crippen MR) is 68.2 cm³/mol. The zero-order valence-electron chi connectivity index (χ0n) is 10.0. The van der Waals surface area contributed by atoms with E-state index in [1.165, 1.54) is 0 Å². The van der Waals surface area contributed by atoms with Crippen molar-refractivity contribution in [1.29, 1.82) is 0 Å². The highest BCUT2D eigenvalue weighted by molar-refractivity contribution is 5.84. The molecule has 2 aromatic rings. The SMILES string of the molecule is Nc1nccc2c1ncn2[C@@H]1C=C(CO)[C@H](O)[C@@H]1O. The molecule has 100 valence electrons. The molecule has 0 fully saturated rings. The number of nitrogens with two attached hydrogens (primary N) is 1. The standard InChI is InChI=1S/C12H14N4O3/c13-12-9-7(1-2-14-12)16(5-15-9)8-3-6(4-17)10(18)11(8)19/h1-3,5,8,10-11,17-19H,4H2,(H2,13,14)/t8-,10+,11-/m1/s1. The van der Waals surface area contributed by atoms with Gasteiger partial charge in [-0.3, -0.25) is 0 Å². The van der Waals surface area contributed by atoms with Crippen molar-refractivity contribution >= 4 is 16.9 Å². The van der Waals surface area contributed by atoms with Gasteiger partial charge in [0.15, 0.2) is 5.82 Å². The molecule has 3 atom stereocenters. The number of aliphatic hydroxyl groups excluding tert-OH is 3. The van der Waals surface area contributed by atoms with E-state index in [9.17, 15) is 10.2 Å². The van der Waals surface area contributed by atoms with Crippen molar-refractivity contribution < 1.29 is 15.3 Å². The second kappa shape index (κ2) is 4.30. The Bertz CT molecular complexity index is 651. The Labute approximate surface area is 108 Å². The van der Waals surface area contributed by atoms with Gasteiger partial charge in [-0.05, 0) is 11.6 Å². The van der Waals surface area contributed by atoms with Gasteiger partial charge in [-0.15, -0.1) is 0 Å². The molecule has 0 amide bonds. The summed E-state index contributed by atoms with van der Waals surface area (Å²) in [6, 6.07) is 1.26. The van der Waals surface area contributed by atoms with E-state index in [1.807, 2.05) is 0 Å². The average molecular weight is 262 g/mol. The van der Waals surface area contributed by atoms with E-state index in [0.717, 1.165) is 5.52 Å². The number of nitrogens with zero attached hydrogens (tertiary/aromatic N) is 3. The molecule has 2 aromatic heterocycles. The zero-order valence-corrected chi connectivity index (χ0v) is 10.0. The van der Waals surface area contributed by atoms with Gasteiger partial charge in [-0.25, -0.2) is 9.97 Å². The molecule has 0 spiro atoms. The number of imidazole rings is 1. The lowest BCUT2D eigenvalue weighted by atomic mass is 10.1. The van der Waals surface area contributed by atoms with Crippen molar-refractivity contribution in [3.05, 3.63) is 30.2 Å². The van der Waals surface area contributed by atoms with Gasteiger partial charge in [0, 0.05) is 6.20 Å². The first-order valence-corrected chi connectivity index (χ1v) is 5.88. The van der Waals surface area contributed by atoms with E-state index in [1.54, 1.807) is 29.2 Å². The van der Waals surface area contributed by atoms with Gasteiger partial charge in [-0.2, -0.15) is 0 Å². The molecule has 5 N–H and O–H groups in total. The highest BCUT2D eigenvalue weighted by Gasteiger charge is 2.35. The minimum absolute atomic E-state index is 0.287. The van der Waals surface area contributed by atoms with Gasteiger partial charge in [0.1, 0.15) is 17.7 Å². The topological polar surface area (TPSA) is 117 Å². The van der Waals surface area contributed by atoms with Crippen molar-refractivity contribution in [2.45, 2.75) is 18.2 Å². The largest absolute Gasteiger partial charge is 0.392 e. The number of anilines is 1. The number of rotatable bonds is 2. The molecule has 3 rings (SSSR count). The first-order valence-electron chi connectivity index (χ1n) is 5.88. The van der Waals surface area contributed by atoms with Crippen molar-refractivity contribution in [1.82, 2.24) is 14.5 Å². The van der Waals surface area contributed by atoms with Crippen LogP contribution in [0, 0.1) is 0 Å². The van der Waals surface area contributed by atoms with Crippen LogP contribution in [0.1, 0.15) is 6.04 Å². The smallest absolute Gasteiger partial charge is 0.151 e. The summed E-state index contributed by atoms with van der Waals surface area (Å²) in [5, 5.41) is 29.0. The molecule has 0 unspecified atom stereocenters. The molecule has 0 saturated carbocycles. The average Bonchev–Trinajstić information content (AvgIpc) is 2.94. The lowest BCUT2D eigenvalue weighted by molar-refractivity contribution is 0.0288. The Morgan fingerprint density at radius 3 is 2.79 bits per heavy atom. The molecular formula is C12H14N4O3. The third kappa shape index (κ3) is 1.71. The number of hydrogen-bond acceptors (Lipinski definition) is 6. The second-order valence-corrected chi connectivity index (χ2v) is 4.54. The second-order valence-electron chi connectivity index (χ2n) is 4.54. The van der Waals surface area contributed by atoms with Crippen LogP contribution in [-0.4, -0.2) is 48.7 Å². The van der Waals surface area contributed by atoms with Gasteiger partial charge in [0.2, 0.25) is 0 Å². The minimum Gasteiger partial charge on any atom is -0.392 e. The predicted octanol–water partition coefficient (Wildman–Crippen LogP) is -0.791. The molecule has 1 aliphatic rings. The van der Waals surface area contributed by atoms with Gasteiger partial charge in [0.05, 0.1) is 24.5 Å². The van der Waals surface area contributed by atoms with Crippen LogP contribution >= 0.6 is 0 Å². The number of pyridine rings is 1. The number of nitrogen functional groups attached to an aromatic ring is 1. The summed E-state index contributed by atoms with van der Waals surface area (Å²) in [4.78, 5) is 8.11. The Morgan fingerprint density at radius 1 is 1.32 bits per heavy atom. The summed E-state index contributed by atoms with van der Waals surface area (Å²) in [6.07, 6.45) is 2.66. The molecule has 1 aliphatic carbocycles. The molecule has 7 heteroatoms. The maximum Gasteiger partial charge on any atom is 0.151 e. The van der Waals surface area contributed by atoms with Crippen LogP contribution in [0.5, 0.6) is 0 Å². The van der Waals surface area contributed by atoms with Crippen LogP contribution in [-0.2, 0) is 0 Å². The Morgan fingerprint density at radius 2 is 2.11 bits per heavy atom. The van der Waals surface area contributed by atoms with Gasteiger partial charge >= 0.3 is 0 Å². The maximum atomic E-state index is 10.1. The van der Waals surface area contributed by atoms with E-state index in [4.69, 9.17) is 10.8 Å². The van der Waals surface area contributed by atoms with Crippen molar-refractivity contribution in [2.24, 2.45) is 0 Å². The zero-order chi connectivity index (χ0) is 13.6. The summed E-state index contributed by atoms with van der Waals surface area (Å²) >= 11 is 0. The number of hydrogen-bond donors (Lipinski definition) is 4. The van der Waals surface area contributed by atoms with Crippen LogP contribution in [0.3, 0.4) is 0 Å². The lowest BCUT2D eigenvalue weighted by Gasteiger charge is -2.19. The molecule has 0 bridgehead atoms. The van der Waals surface area contributed by atoms with Gasteiger partial charge in [-0.1, -0.05) is 6.08 Å². The Kier molecular flexibility index (Phi) is 2.74. The molecule has 0 radical (unpaired) electrons. The fourth-order valence-electron chi connectivity index (χ4n) is 2.43. The Balaban J connectivity index is 2.11. The summed E-state index contributed by atoms with van der Waals surface area (Å²) in [6.45, 7) is -0.287. The molecule has 0 saturated heterocycles. The van der Waals surface area contributed by atoms with Crippen molar-refractivity contribution in [2.75, 3.05) is 12.3 Å². The van der Waals surface area contributed by atoms with Crippen molar-refractivity contribution in [3.63, 3.8) is 0 Å². The van der Waals surface area contributed by atoms with Gasteiger partial charge in [0.25, 0.3) is 0 Å². The molecular weight excluding hydrogens is 248 g/mol. The normalized spacial score (nSPS) is 26.9. The highest BCUT2D eigenvalue weighted by Crippen LogP contribution is 2.32. The third-order valence-electron chi connectivity index (χ3n) is 3.46. The fraction of sp³-hybridized carbons (Fsp3) is 0.333. The van der Waals surface area contributed by atoms with Crippen LogP contribution in [0.2, 0.25) is 0 Å². The third-order valence-corrected chi connectivity index (χ3v) is 3.46. The number of fused-ring (bicyclic) bond motifs is 1. The van der Waals surface area contributed by atoms with Crippen LogP contribution in [0.25, 0.3) is 11.0 Å². The van der Waals surface area contributed by atoms with Crippen LogP contribution in [0.4, 0.5) is 5.82 Å². The monoisotopic (exact) mass is 262 g/mol. The highest BCUT2D eigenvalue weighted by atomic mass is 16.3. The first kappa shape index (κ1) is 12.1. The molecule has 0 aliphatic heterocycles. The van der Waals surface area contributed by atoms with Gasteiger partial charge < -0.3 is 25.6 Å². The molecule has 19 heavy (non-hydrogen) atoms. The van der Waals surface area contributed by atoms with Crippen LogP contribution in [0.15, 0.2) is 30.2 Å². The lowest BCUT2D eigenvalue weighted by Crippen LogP contribution is -2.29. The summed E-state index contributed by atoms with van der Waals surface area (Å²) in [5.74, 6) is 0.315. The van der Waals surface area contributed by atoms with Crippen molar-refractivity contribution in [3.8, 4) is 0 Å². The molecule has 7 nitrogen and oxygen atoms in total. The Hall–Kier alpha value is -1.96. The summed E-state index contributed by atoms with van der Waals surface area (Å²) in [5.41, 5.74) is 7.41. The summed E-state index contributed by atoms with van der Waals surface area (Å²) in [7, 11) is 0. The summed E-state index contributed by atoms with van der Waals surface area (Å²) < 4.78 is 1.71.